The number of aryl methyl sites for hydroxylation is 1. The number of nitrogens with one attached hydrogen (secondary N) is 2. The van der Waals surface area contributed by atoms with E-state index in [1.54, 1.807) is 0 Å². The second-order valence-corrected chi connectivity index (χ2v) is 8.62. The third-order valence-corrected chi connectivity index (χ3v) is 6.42. The number of carbonyl (C=O) groups excluding carboxylic acids is 1. The third-order valence-electron chi connectivity index (χ3n) is 5.31. The molecule has 3 aromatic rings. The van der Waals surface area contributed by atoms with Gasteiger partial charge in [0.05, 0.1) is 5.69 Å². The highest BCUT2D eigenvalue weighted by Gasteiger charge is 2.17. The van der Waals surface area contributed by atoms with E-state index in [1.165, 1.54) is 22.6 Å². The third kappa shape index (κ3) is 4.36. The van der Waals surface area contributed by atoms with Gasteiger partial charge in [-0.25, -0.2) is 4.98 Å². The smallest absolute Gasteiger partial charge is 0.263 e. The van der Waals surface area contributed by atoms with Crippen LogP contribution in [0.3, 0.4) is 0 Å². The number of aromatic nitrogens is 1. The van der Waals surface area contributed by atoms with E-state index in [0.717, 1.165) is 42.0 Å². The van der Waals surface area contributed by atoms with Gasteiger partial charge in [-0.15, -0.1) is 11.3 Å². The number of hydrogen-bond acceptors (Lipinski definition) is 6. The van der Waals surface area contributed by atoms with Gasteiger partial charge in [-0.05, 0) is 50.1 Å². The number of hydrogen-bond donors (Lipinski definition) is 3. The zero-order valence-electron chi connectivity index (χ0n) is 16.9. The fraction of sp³-hybridized carbons (Fsp3) is 0.364. The maximum absolute atomic E-state index is 12.6. The summed E-state index contributed by atoms with van der Waals surface area (Å²) in [5.41, 5.74) is 10.1. The summed E-state index contributed by atoms with van der Waals surface area (Å²) in [7, 11) is 0. The molecule has 29 heavy (non-hydrogen) atoms. The summed E-state index contributed by atoms with van der Waals surface area (Å²) in [5.74, 6) is -0.130. The minimum Gasteiger partial charge on any atom is -0.397 e. The van der Waals surface area contributed by atoms with Crippen LogP contribution in [0.2, 0.25) is 0 Å². The van der Waals surface area contributed by atoms with Crippen LogP contribution in [0.15, 0.2) is 36.4 Å². The van der Waals surface area contributed by atoms with Gasteiger partial charge >= 0.3 is 0 Å². The van der Waals surface area contributed by atoms with Crippen molar-refractivity contribution in [2.24, 2.45) is 0 Å². The van der Waals surface area contributed by atoms with Crippen molar-refractivity contribution in [2.75, 3.05) is 36.8 Å². The van der Waals surface area contributed by atoms with E-state index in [1.807, 2.05) is 19.1 Å². The summed E-state index contributed by atoms with van der Waals surface area (Å²) >= 11 is 1.35. The first-order chi connectivity index (χ1) is 14.0. The molecule has 4 rings (SSSR count). The first kappa shape index (κ1) is 19.7. The molecule has 1 saturated heterocycles. The molecule has 1 amide bonds. The van der Waals surface area contributed by atoms with Crippen LogP contribution < -0.4 is 21.3 Å². The van der Waals surface area contributed by atoms with Gasteiger partial charge in [0, 0.05) is 49.0 Å². The predicted octanol–water partition coefficient (Wildman–Crippen LogP) is 2.96. The molecule has 0 radical (unpaired) electrons. The van der Waals surface area contributed by atoms with Gasteiger partial charge in [-0.2, -0.15) is 0 Å². The summed E-state index contributed by atoms with van der Waals surface area (Å²) in [5, 5.41) is 7.31. The Morgan fingerprint density at radius 2 is 2.10 bits per heavy atom. The molecule has 152 valence electrons. The van der Waals surface area contributed by atoms with Crippen LogP contribution in [0.5, 0.6) is 0 Å². The van der Waals surface area contributed by atoms with Gasteiger partial charge in [0.2, 0.25) is 0 Å². The largest absolute Gasteiger partial charge is 0.397 e. The summed E-state index contributed by atoms with van der Waals surface area (Å²) in [6.07, 6.45) is 0.784. The summed E-state index contributed by atoms with van der Waals surface area (Å²) in [6, 6.07) is 13.0. The molecule has 1 aromatic carbocycles. The Bertz CT molecular complexity index is 1010. The van der Waals surface area contributed by atoms with Crippen molar-refractivity contribution in [3.05, 3.63) is 52.5 Å². The van der Waals surface area contributed by atoms with Crippen LogP contribution in [-0.4, -0.2) is 43.1 Å². The molecule has 1 atom stereocenters. The van der Waals surface area contributed by atoms with Crippen molar-refractivity contribution in [2.45, 2.75) is 26.3 Å². The SMILES string of the molecule is Cc1ccc2c(N)c(C(=O)NCCc3ccc(N4CCN[C@@H](C)C4)cc3)sc2n1. The lowest BCUT2D eigenvalue weighted by Gasteiger charge is -2.33. The highest BCUT2D eigenvalue weighted by Crippen LogP contribution is 2.32. The Morgan fingerprint density at radius 3 is 2.86 bits per heavy atom. The Morgan fingerprint density at radius 1 is 1.31 bits per heavy atom. The highest BCUT2D eigenvalue weighted by molar-refractivity contribution is 7.21. The van der Waals surface area contributed by atoms with Gasteiger partial charge in [-0.3, -0.25) is 4.79 Å². The Kier molecular flexibility index (Phi) is 5.69. The molecule has 0 spiro atoms. The average molecular weight is 410 g/mol. The van der Waals surface area contributed by atoms with E-state index in [2.05, 4.69) is 51.7 Å². The van der Waals surface area contributed by atoms with Crippen LogP contribution in [-0.2, 0) is 6.42 Å². The standard InChI is InChI=1S/C22H27N5OS/c1-14-3-8-18-19(23)20(29-22(18)26-14)21(28)25-10-9-16-4-6-17(7-5-16)27-12-11-24-15(2)13-27/h3-8,15,24H,9-13,23H2,1-2H3,(H,25,28)/t15-/m0/s1. The maximum Gasteiger partial charge on any atom is 0.263 e. The summed E-state index contributed by atoms with van der Waals surface area (Å²) < 4.78 is 0. The van der Waals surface area contributed by atoms with Crippen LogP contribution in [0.1, 0.15) is 27.9 Å². The molecule has 0 saturated carbocycles. The topological polar surface area (TPSA) is 83.3 Å². The van der Waals surface area contributed by atoms with Crippen molar-refractivity contribution < 1.29 is 4.79 Å². The molecule has 1 aliphatic heterocycles. The number of nitrogens with zero attached hydrogens (tertiary/aromatic N) is 2. The van der Waals surface area contributed by atoms with Crippen LogP contribution in [0, 0.1) is 6.92 Å². The molecule has 0 unspecified atom stereocenters. The molecule has 0 aliphatic carbocycles. The molecule has 3 heterocycles. The van der Waals surface area contributed by atoms with E-state index >= 15 is 0 Å². The summed E-state index contributed by atoms with van der Waals surface area (Å²) in [6.45, 7) is 7.80. The average Bonchev–Trinajstić information content (AvgIpc) is 3.04. The van der Waals surface area contributed by atoms with E-state index < -0.39 is 0 Å². The number of anilines is 2. The van der Waals surface area contributed by atoms with Crippen molar-refractivity contribution in [3.8, 4) is 0 Å². The quantitative estimate of drug-likeness (QED) is 0.603. The molecule has 1 fully saturated rings. The molecule has 0 bridgehead atoms. The monoisotopic (exact) mass is 409 g/mol. The molecule has 1 aliphatic rings. The number of nitrogens with two attached hydrogens (primary N) is 1. The van der Waals surface area contributed by atoms with Gasteiger partial charge in [0.25, 0.3) is 5.91 Å². The number of fused-ring (bicyclic) bond motifs is 1. The number of benzene rings is 1. The Labute approximate surface area is 175 Å². The first-order valence-electron chi connectivity index (χ1n) is 10.0. The van der Waals surface area contributed by atoms with Crippen molar-refractivity contribution in [3.63, 3.8) is 0 Å². The fourth-order valence-corrected chi connectivity index (χ4v) is 4.75. The molecule has 2 aromatic heterocycles. The van der Waals surface area contributed by atoms with E-state index in [4.69, 9.17) is 5.73 Å². The lowest BCUT2D eigenvalue weighted by Crippen LogP contribution is -2.49. The Hall–Kier alpha value is -2.64. The predicted molar refractivity (Wildman–Crippen MR) is 121 cm³/mol. The van der Waals surface area contributed by atoms with Crippen LogP contribution in [0.4, 0.5) is 11.4 Å². The number of piperazine rings is 1. The highest BCUT2D eigenvalue weighted by atomic mass is 32.1. The number of pyridine rings is 1. The van der Waals surface area contributed by atoms with Crippen LogP contribution >= 0.6 is 11.3 Å². The van der Waals surface area contributed by atoms with Crippen molar-refractivity contribution in [1.29, 1.82) is 0 Å². The lowest BCUT2D eigenvalue weighted by atomic mass is 10.1. The molecular weight excluding hydrogens is 382 g/mol. The van der Waals surface area contributed by atoms with Gasteiger partial charge in [-0.1, -0.05) is 12.1 Å². The van der Waals surface area contributed by atoms with E-state index in [0.29, 0.717) is 23.2 Å². The molecule has 6 nitrogen and oxygen atoms in total. The van der Waals surface area contributed by atoms with Crippen molar-refractivity contribution in [1.82, 2.24) is 15.6 Å². The lowest BCUT2D eigenvalue weighted by molar-refractivity contribution is 0.0959. The number of carbonyl (C=O) groups is 1. The first-order valence-corrected chi connectivity index (χ1v) is 10.8. The second-order valence-electron chi connectivity index (χ2n) is 7.62. The van der Waals surface area contributed by atoms with Gasteiger partial charge in [0.1, 0.15) is 9.71 Å². The Balaban J connectivity index is 1.34. The molecule has 7 heteroatoms. The zero-order chi connectivity index (χ0) is 20.4. The fourth-order valence-electron chi connectivity index (χ4n) is 3.70. The molecular formula is C22H27N5OS. The second kappa shape index (κ2) is 8.39. The van der Waals surface area contributed by atoms with Crippen molar-refractivity contribution >= 4 is 38.8 Å². The molecule has 4 N–H and O–H groups in total. The number of rotatable bonds is 5. The van der Waals surface area contributed by atoms with Gasteiger partial charge in [0.15, 0.2) is 0 Å². The van der Waals surface area contributed by atoms with Crippen LogP contribution in [0.25, 0.3) is 10.2 Å². The summed E-state index contributed by atoms with van der Waals surface area (Å²) in [4.78, 5) is 20.8. The normalized spacial score (nSPS) is 16.9. The maximum atomic E-state index is 12.6. The zero-order valence-corrected chi connectivity index (χ0v) is 17.7. The minimum absolute atomic E-state index is 0.130. The van der Waals surface area contributed by atoms with E-state index in [9.17, 15) is 4.79 Å². The van der Waals surface area contributed by atoms with E-state index in [-0.39, 0.29) is 5.91 Å². The number of nitrogen functional groups attached to an aromatic ring is 1. The van der Waals surface area contributed by atoms with Gasteiger partial charge < -0.3 is 21.3 Å². The number of amides is 1. The minimum atomic E-state index is -0.130. The number of thiophene rings is 1.